The molecule has 0 nitrogen and oxygen atoms in total. The minimum absolute atomic E-state index is 0.0636. The van der Waals surface area contributed by atoms with Crippen molar-refractivity contribution in [2.24, 2.45) is 11.8 Å². The molecular weight excluding hydrogens is 610 g/mol. The third-order valence-electron chi connectivity index (χ3n) is 8.18. The Balaban J connectivity index is 1.60. The van der Waals surface area contributed by atoms with E-state index in [0.717, 1.165) is 43.1 Å². The average molecular weight is 626 g/mol. The first-order chi connectivity index (χ1) is 16.9. The molecule has 0 heterocycles. The molecule has 0 aliphatic heterocycles. The van der Waals surface area contributed by atoms with Gasteiger partial charge in [0.1, 0.15) is 0 Å². The predicted octanol–water partition coefficient (Wildman–Crippen LogP) is 9.82. The molecule has 0 saturated carbocycles. The summed E-state index contributed by atoms with van der Waals surface area (Å²) in [6.45, 7) is 0. The van der Waals surface area contributed by atoms with E-state index in [4.69, 9.17) is 0 Å². The Morgan fingerprint density at radius 3 is 1.28 bits per heavy atom. The summed E-state index contributed by atoms with van der Waals surface area (Å²) >= 11 is 7.13. The van der Waals surface area contributed by atoms with Gasteiger partial charge in [-0.25, -0.2) is 0 Å². The molecule has 0 amide bonds. The van der Waals surface area contributed by atoms with Gasteiger partial charge < -0.3 is 0 Å². The highest BCUT2D eigenvalue weighted by atomic mass is 79.9. The Labute approximate surface area is 218 Å². The van der Waals surface area contributed by atoms with Crippen molar-refractivity contribution in [3.63, 3.8) is 0 Å². The Kier molecular flexibility index (Phi) is 4.67. The zero-order valence-electron chi connectivity index (χ0n) is 18.5. The van der Waals surface area contributed by atoms with Gasteiger partial charge in [-0.3, -0.25) is 0 Å². The highest BCUT2D eigenvalue weighted by Crippen LogP contribution is 2.51. The lowest BCUT2D eigenvalue weighted by atomic mass is 9.76. The summed E-state index contributed by atoms with van der Waals surface area (Å²) in [6, 6.07) is 11.2. The maximum atomic E-state index is 13.7. The third-order valence-corrected chi connectivity index (χ3v) is 9.60. The molecule has 5 aromatic carbocycles. The van der Waals surface area contributed by atoms with Gasteiger partial charge in [0.25, 0.3) is 0 Å². The lowest BCUT2D eigenvalue weighted by Gasteiger charge is -2.31. The van der Waals surface area contributed by atoms with Gasteiger partial charge >= 0.3 is 12.4 Å². The van der Waals surface area contributed by atoms with Gasteiger partial charge in [-0.2, -0.15) is 26.3 Å². The molecule has 7 rings (SSSR count). The van der Waals surface area contributed by atoms with Gasteiger partial charge in [0.05, 0.1) is 11.8 Å². The number of benzene rings is 5. The largest absolute Gasteiger partial charge is 0.392 e. The molecule has 184 valence electrons. The summed E-state index contributed by atoms with van der Waals surface area (Å²) in [5, 5.41) is 7.24. The highest BCUT2D eigenvalue weighted by molar-refractivity contribution is 9.10. The van der Waals surface area contributed by atoms with Crippen LogP contribution in [0.5, 0.6) is 0 Å². The third kappa shape index (κ3) is 3.06. The molecule has 0 saturated heterocycles. The van der Waals surface area contributed by atoms with Gasteiger partial charge in [-0.1, -0.05) is 56.1 Å². The van der Waals surface area contributed by atoms with Gasteiger partial charge in [0, 0.05) is 8.95 Å². The van der Waals surface area contributed by atoms with Gasteiger partial charge in [-0.15, -0.1) is 0 Å². The molecule has 5 aromatic rings. The summed E-state index contributed by atoms with van der Waals surface area (Å²) in [4.78, 5) is 0. The van der Waals surface area contributed by atoms with Crippen LogP contribution in [0.15, 0.2) is 45.3 Å². The molecule has 36 heavy (non-hydrogen) atoms. The summed E-state index contributed by atoms with van der Waals surface area (Å²) in [5.74, 6) is -2.86. The summed E-state index contributed by atoms with van der Waals surface area (Å²) in [5.41, 5.74) is 2.70. The van der Waals surface area contributed by atoms with Crippen molar-refractivity contribution in [2.45, 2.75) is 38.0 Å². The molecule has 0 spiro atoms. The Morgan fingerprint density at radius 1 is 0.528 bits per heavy atom. The zero-order chi connectivity index (χ0) is 25.3. The molecule has 0 N–H and O–H groups in total. The molecular formula is C28H16Br2F6. The maximum Gasteiger partial charge on any atom is 0.392 e. The standard InChI is InChI=1S/C28H16Br2F6/c29-21-10-18-16-4-2-12-6-14(28(34,35)36)8-20-22(30)9-17(26(16)24(12)20)15-3-1-11-5-13(27(31,32)33)7-19(21)23(11)25(15)18/h1-4,9-10,13-14H,5-8H2. The van der Waals surface area contributed by atoms with Crippen molar-refractivity contribution in [3.05, 3.63) is 67.6 Å². The van der Waals surface area contributed by atoms with Crippen LogP contribution in [0.1, 0.15) is 22.3 Å². The molecule has 0 fully saturated rings. The van der Waals surface area contributed by atoms with E-state index >= 15 is 0 Å². The van der Waals surface area contributed by atoms with Crippen LogP contribution in [0, 0.1) is 11.8 Å². The lowest BCUT2D eigenvalue weighted by molar-refractivity contribution is -0.175. The minimum Gasteiger partial charge on any atom is -0.171 e. The SMILES string of the molecule is FC(F)(F)C1Cc2ccc3c4cc(Br)c5c6c(ccc(c7cc(Br)c(c2c37)C1)c64)CC(C(F)(F)F)C5. The first kappa shape index (κ1) is 23.1. The van der Waals surface area contributed by atoms with E-state index in [9.17, 15) is 26.3 Å². The fourth-order valence-electron chi connectivity index (χ4n) is 6.60. The van der Waals surface area contributed by atoms with Crippen LogP contribution in [-0.4, -0.2) is 12.4 Å². The van der Waals surface area contributed by atoms with Crippen LogP contribution in [0.4, 0.5) is 26.3 Å². The first-order valence-corrected chi connectivity index (χ1v) is 13.2. The summed E-state index contributed by atoms with van der Waals surface area (Å²) in [6.07, 6.45) is -8.86. The lowest BCUT2D eigenvalue weighted by Crippen LogP contribution is -2.30. The number of fused-ring (bicyclic) bond motifs is 2. The van der Waals surface area contributed by atoms with Gasteiger partial charge in [0.2, 0.25) is 0 Å². The van der Waals surface area contributed by atoms with E-state index in [-0.39, 0.29) is 25.7 Å². The van der Waals surface area contributed by atoms with Crippen LogP contribution in [0.3, 0.4) is 0 Å². The van der Waals surface area contributed by atoms with E-state index in [1.165, 1.54) is 0 Å². The van der Waals surface area contributed by atoms with Crippen molar-refractivity contribution in [2.75, 3.05) is 0 Å². The van der Waals surface area contributed by atoms with Crippen molar-refractivity contribution in [1.29, 1.82) is 0 Å². The number of alkyl halides is 6. The monoisotopic (exact) mass is 624 g/mol. The summed E-state index contributed by atoms with van der Waals surface area (Å²) < 4.78 is 83.5. The smallest absolute Gasteiger partial charge is 0.171 e. The predicted molar refractivity (Wildman–Crippen MR) is 137 cm³/mol. The van der Waals surface area contributed by atoms with Crippen LogP contribution >= 0.6 is 31.9 Å². The van der Waals surface area contributed by atoms with E-state index < -0.39 is 24.2 Å². The van der Waals surface area contributed by atoms with Gasteiger partial charge in [-0.05, 0) is 103 Å². The number of hydrogen-bond acceptors (Lipinski definition) is 0. The fourth-order valence-corrected chi connectivity index (χ4v) is 7.77. The van der Waals surface area contributed by atoms with E-state index in [1.807, 2.05) is 24.3 Å². The molecule has 2 aliphatic carbocycles. The number of rotatable bonds is 0. The van der Waals surface area contributed by atoms with Crippen LogP contribution in [-0.2, 0) is 25.7 Å². The molecule has 2 atom stereocenters. The summed E-state index contributed by atoms with van der Waals surface area (Å²) in [7, 11) is 0. The van der Waals surface area contributed by atoms with Crippen molar-refractivity contribution >= 4 is 74.9 Å². The Morgan fingerprint density at radius 2 is 0.917 bits per heavy atom. The second kappa shape index (κ2) is 7.28. The van der Waals surface area contributed by atoms with E-state index in [2.05, 4.69) is 31.9 Å². The second-order valence-electron chi connectivity index (χ2n) is 10.1. The average Bonchev–Trinajstić information content (AvgIpc) is 2.81. The van der Waals surface area contributed by atoms with Crippen LogP contribution < -0.4 is 0 Å². The maximum absolute atomic E-state index is 13.7. The van der Waals surface area contributed by atoms with Crippen molar-refractivity contribution in [1.82, 2.24) is 0 Å². The minimum atomic E-state index is -4.28. The molecule has 8 heteroatoms. The highest BCUT2D eigenvalue weighted by Gasteiger charge is 2.44. The number of halogens is 8. The molecule has 0 radical (unpaired) electrons. The topological polar surface area (TPSA) is 0 Å². The van der Waals surface area contributed by atoms with E-state index in [0.29, 0.717) is 31.2 Å². The van der Waals surface area contributed by atoms with E-state index in [1.54, 1.807) is 12.1 Å². The zero-order valence-corrected chi connectivity index (χ0v) is 21.6. The fraction of sp³-hybridized carbons (Fsp3) is 0.286. The van der Waals surface area contributed by atoms with Crippen LogP contribution in [0.2, 0.25) is 0 Å². The first-order valence-electron chi connectivity index (χ1n) is 11.6. The number of hydrogen-bond donors (Lipinski definition) is 0. The quantitative estimate of drug-likeness (QED) is 0.0913. The molecule has 2 unspecified atom stereocenters. The molecule has 2 aliphatic rings. The normalized spacial score (nSPS) is 20.3. The van der Waals surface area contributed by atoms with Crippen molar-refractivity contribution < 1.29 is 26.3 Å². The molecule has 0 bridgehead atoms. The van der Waals surface area contributed by atoms with Gasteiger partial charge in [0.15, 0.2) is 0 Å². The molecule has 0 aromatic heterocycles. The van der Waals surface area contributed by atoms with Crippen molar-refractivity contribution in [3.8, 4) is 0 Å². The Hall–Kier alpha value is -2.06. The Bertz CT molecular complexity index is 1620. The second-order valence-corrected chi connectivity index (χ2v) is 11.8. The van der Waals surface area contributed by atoms with Crippen LogP contribution in [0.25, 0.3) is 43.1 Å².